The number of hydrogen-bond donors (Lipinski definition) is 0. The molecular formula is C26H47N. The highest BCUT2D eigenvalue weighted by molar-refractivity contribution is 4.88. The first kappa shape index (κ1) is 22.8. The number of nitrogens with zero attached hydrogens (tertiary/aromatic N) is 1. The second-order valence-corrected chi connectivity index (χ2v) is 10.1. The predicted octanol–water partition coefficient (Wildman–Crippen LogP) is 8.83. The van der Waals surface area contributed by atoms with E-state index in [2.05, 4.69) is 18.7 Å². The smallest absolute Gasteiger partial charge is 0.223 e. The molecule has 27 heavy (non-hydrogen) atoms. The highest BCUT2D eigenvalue weighted by atomic mass is 14.7. The van der Waals surface area contributed by atoms with Crippen molar-refractivity contribution < 1.29 is 0 Å². The Kier molecular flexibility index (Phi) is 11.5. The van der Waals surface area contributed by atoms with E-state index in [1.807, 2.05) is 0 Å². The lowest BCUT2D eigenvalue weighted by atomic mass is 9.69. The fourth-order valence-electron chi connectivity index (χ4n) is 5.91. The largest absolute Gasteiger partial charge is 0.314 e. The lowest BCUT2D eigenvalue weighted by molar-refractivity contribution is 0.153. The van der Waals surface area contributed by atoms with Crippen molar-refractivity contribution in [2.45, 2.75) is 135 Å². The molecule has 0 bridgehead atoms. The quantitative estimate of drug-likeness (QED) is 0.238. The van der Waals surface area contributed by atoms with Gasteiger partial charge in [-0.15, -0.1) is 0 Å². The van der Waals surface area contributed by atoms with E-state index in [1.165, 1.54) is 116 Å². The van der Waals surface area contributed by atoms with Gasteiger partial charge in [0.25, 0.3) is 0 Å². The second-order valence-electron chi connectivity index (χ2n) is 10.1. The Hall–Kier alpha value is -0.510. The van der Waals surface area contributed by atoms with Gasteiger partial charge in [0.15, 0.2) is 0 Å². The molecule has 1 heteroatoms. The summed E-state index contributed by atoms with van der Waals surface area (Å²) in [4.78, 5) is 3.77. The van der Waals surface area contributed by atoms with E-state index in [1.54, 1.807) is 0 Å². The van der Waals surface area contributed by atoms with Crippen LogP contribution in [0.3, 0.4) is 0 Å². The van der Waals surface area contributed by atoms with Gasteiger partial charge >= 0.3 is 0 Å². The predicted molar refractivity (Wildman–Crippen MR) is 119 cm³/mol. The van der Waals surface area contributed by atoms with Gasteiger partial charge in [-0.3, -0.25) is 0 Å². The monoisotopic (exact) mass is 373 g/mol. The van der Waals surface area contributed by atoms with Crippen molar-refractivity contribution in [2.75, 3.05) is 0 Å². The van der Waals surface area contributed by atoms with Gasteiger partial charge in [-0.1, -0.05) is 84.5 Å². The van der Waals surface area contributed by atoms with E-state index in [9.17, 15) is 0 Å². The maximum absolute atomic E-state index is 7.23. The maximum atomic E-state index is 7.23. The zero-order chi connectivity index (χ0) is 19.3. The van der Waals surface area contributed by atoms with Crippen LogP contribution < -0.4 is 0 Å². The highest BCUT2D eigenvalue weighted by Gasteiger charge is 2.32. The van der Waals surface area contributed by atoms with Gasteiger partial charge in [0.2, 0.25) is 6.04 Å². The molecule has 1 unspecified atom stereocenters. The fourth-order valence-corrected chi connectivity index (χ4v) is 5.91. The normalized spacial score (nSPS) is 30.0. The van der Waals surface area contributed by atoms with Crippen LogP contribution in [0, 0.1) is 30.2 Å². The van der Waals surface area contributed by atoms with E-state index in [0.29, 0.717) is 6.04 Å². The Labute approximate surface area is 170 Å². The summed E-state index contributed by atoms with van der Waals surface area (Å²) in [6, 6.07) is 0.356. The molecule has 1 atom stereocenters. The molecule has 0 aromatic heterocycles. The Balaban J connectivity index is 1.48. The molecule has 0 aliphatic heterocycles. The van der Waals surface area contributed by atoms with Gasteiger partial charge in [0, 0.05) is 12.8 Å². The first-order valence-corrected chi connectivity index (χ1v) is 12.6. The fraction of sp³-hybridized carbons (Fsp3) is 0.962. The molecule has 1 nitrogen and oxygen atoms in total. The third-order valence-corrected chi connectivity index (χ3v) is 7.77. The standard InChI is InChI=1S/C26H47N/c1-4-5-6-7-8-9-10-11-12-22(2)21-23-13-15-24(16-14-23)25-17-19-26(27-3)20-18-25/h22-26H,4-21H2,1-2H3. The molecule has 2 saturated carbocycles. The van der Waals surface area contributed by atoms with Crippen LogP contribution in [0.5, 0.6) is 0 Å². The summed E-state index contributed by atoms with van der Waals surface area (Å²) in [5.41, 5.74) is 0. The summed E-state index contributed by atoms with van der Waals surface area (Å²) in [6.07, 6.45) is 25.6. The van der Waals surface area contributed by atoms with Gasteiger partial charge in [0.05, 0.1) is 0 Å². The average Bonchev–Trinajstić information content (AvgIpc) is 2.70. The van der Waals surface area contributed by atoms with Crippen molar-refractivity contribution in [2.24, 2.45) is 23.7 Å². The van der Waals surface area contributed by atoms with E-state index in [0.717, 1.165) is 23.7 Å². The van der Waals surface area contributed by atoms with Gasteiger partial charge in [-0.25, -0.2) is 6.57 Å². The van der Waals surface area contributed by atoms with Gasteiger partial charge in [0.1, 0.15) is 0 Å². The lowest BCUT2D eigenvalue weighted by Crippen LogP contribution is -2.27. The summed E-state index contributed by atoms with van der Waals surface area (Å²) >= 11 is 0. The highest BCUT2D eigenvalue weighted by Crippen LogP contribution is 2.42. The Morgan fingerprint density at radius 1 is 0.741 bits per heavy atom. The van der Waals surface area contributed by atoms with Gasteiger partial charge in [-0.05, 0) is 55.8 Å². The van der Waals surface area contributed by atoms with Gasteiger partial charge < -0.3 is 4.85 Å². The zero-order valence-corrected chi connectivity index (χ0v) is 18.6. The molecule has 0 aromatic carbocycles. The molecule has 156 valence electrons. The molecule has 0 N–H and O–H groups in total. The minimum absolute atomic E-state index is 0.356. The SMILES string of the molecule is [C-]#[N+]C1CCC(C2CCC(CC(C)CCCCCCCCCC)CC2)CC1. The van der Waals surface area contributed by atoms with Crippen LogP contribution in [0.15, 0.2) is 0 Å². The van der Waals surface area contributed by atoms with Crippen LogP contribution in [0.1, 0.15) is 129 Å². The molecule has 2 rings (SSSR count). The third kappa shape index (κ3) is 9.02. The van der Waals surface area contributed by atoms with Crippen LogP contribution >= 0.6 is 0 Å². The molecule has 0 spiro atoms. The molecule has 2 fully saturated rings. The molecule has 2 aliphatic carbocycles. The summed E-state index contributed by atoms with van der Waals surface area (Å²) in [7, 11) is 0. The van der Waals surface area contributed by atoms with Crippen molar-refractivity contribution in [3.63, 3.8) is 0 Å². The summed E-state index contributed by atoms with van der Waals surface area (Å²) in [5.74, 6) is 3.92. The third-order valence-electron chi connectivity index (χ3n) is 7.77. The molecule has 2 aliphatic rings. The van der Waals surface area contributed by atoms with Crippen molar-refractivity contribution >= 4 is 0 Å². The lowest BCUT2D eigenvalue weighted by Gasteiger charge is -2.36. The first-order valence-electron chi connectivity index (χ1n) is 12.6. The Morgan fingerprint density at radius 3 is 1.81 bits per heavy atom. The van der Waals surface area contributed by atoms with Crippen molar-refractivity contribution in [1.82, 2.24) is 0 Å². The van der Waals surface area contributed by atoms with Crippen molar-refractivity contribution in [1.29, 1.82) is 0 Å². The number of hydrogen-bond acceptors (Lipinski definition) is 0. The van der Waals surface area contributed by atoms with Crippen LogP contribution in [-0.2, 0) is 0 Å². The van der Waals surface area contributed by atoms with Crippen LogP contribution in [-0.4, -0.2) is 6.04 Å². The molecule has 0 amide bonds. The minimum atomic E-state index is 0.356. The van der Waals surface area contributed by atoms with Crippen molar-refractivity contribution in [3.8, 4) is 0 Å². The average molecular weight is 374 g/mol. The van der Waals surface area contributed by atoms with Gasteiger partial charge in [-0.2, -0.15) is 0 Å². The summed E-state index contributed by atoms with van der Waals surface area (Å²) in [5, 5.41) is 0. The summed E-state index contributed by atoms with van der Waals surface area (Å²) in [6.45, 7) is 12.0. The number of unbranched alkanes of at least 4 members (excludes halogenated alkanes) is 7. The Bertz CT molecular complexity index is 393. The van der Waals surface area contributed by atoms with Crippen LogP contribution in [0.25, 0.3) is 4.85 Å². The van der Waals surface area contributed by atoms with Crippen molar-refractivity contribution in [3.05, 3.63) is 11.4 Å². The topological polar surface area (TPSA) is 4.36 Å². The van der Waals surface area contributed by atoms with E-state index < -0.39 is 0 Å². The number of rotatable bonds is 12. The minimum Gasteiger partial charge on any atom is -0.314 e. The summed E-state index contributed by atoms with van der Waals surface area (Å²) < 4.78 is 0. The van der Waals surface area contributed by atoms with E-state index in [4.69, 9.17) is 6.57 Å². The van der Waals surface area contributed by atoms with E-state index >= 15 is 0 Å². The zero-order valence-electron chi connectivity index (χ0n) is 18.6. The molecule has 0 aromatic rings. The maximum Gasteiger partial charge on any atom is 0.223 e. The molecule has 0 radical (unpaired) electrons. The molecule has 0 heterocycles. The first-order chi connectivity index (χ1) is 13.2. The second kappa shape index (κ2) is 13.6. The molecule has 0 saturated heterocycles. The van der Waals surface area contributed by atoms with Crippen LogP contribution in [0.2, 0.25) is 0 Å². The Morgan fingerprint density at radius 2 is 1.26 bits per heavy atom. The molecular weight excluding hydrogens is 326 g/mol. The van der Waals surface area contributed by atoms with E-state index in [-0.39, 0.29) is 0 Å². The van der Waals surface area contributed by atoms with Crippen LogP contribution in [0.4, 0.5) is 0 Å².